The van der Waals surface area contributed by atoms with Crippen molar-refractivity contribution >= 4 is 21.4 Å². The molecule has 1 N–H and O–H groups in total. The second kappa shape index (κ2) is 6.11. The van der Waals surface area contributed by atoms with Gasteiger partial charge < -0.3 is 10.2 Å². The Morgan fingerprint density at radius 1 is 1.45 bits per heavy atom. The number of piperazine rings is 1. The third kappa shape index (κ3) is 2.92. The lowest BCUT2D eigenvalue weighted by Crippen LogP contribution is -2.52. The number of rotatable bonds is 4. The zero-order chi connectivity index (χ0) is 14.9. The van der Waals surface area contributed by atoms with E-state index in [1.165, 1.54) is 11.3 Å². The van der Waals surface area contributed by atoms with E-state index < -0.39 is 10.0 Å². The van der Waals surface area contributed by atoms with Crippen LogP contribution in [0.3, 0.4) is 0 Å². The van der Waals surface area contributed by atoms with Gasteiger partial charge in [0, 0.05) is 37.1 Å². The number of nitrogens with one attached hydrogen (secondary N) is 1. The van der Waals surface area contributed by atoms with Gasteiger partial charge in [-0.05, 0) is 38.9 Å². The molecule has 7 heteroatoms. The number of aryl methyl sites for hydroxylation is 1. The molecule has 2 rings (SSSR count). The molecule has 114 valence electrons. The number of nitrogens with zero attached hydrogens (tertiary/aromatic N) is 2. The van der Waals surface area contributed by atoms with Gasteiger partial charge in [-0.2, -0.15) is 4.31 Å². The highest BCUT2D eigenvalue weighted by atomic mass is 32.2. The van der Waals surface area contributed by atoms with E-state index in [0.717, 1.165) is 23.5 Å². The van der Waals surface area contributed by atoms with Crippen molar-refractivity contribution in [1.29, 1.82) is 0 Å². The maximum absolute atomic E-state index is 13.0. The van der Waals surface area contributed by atoms with Gasteiger partial charge in [-0.1, -0.05) is 0 Å². The van der Waals surface area contributed by atoms with Gasteiger partial charge in [0.15, 0.2) is 0 Å². The lowest BCUT2D eigenvalue weighted by molar-refractivity contribution is 0.170. The van der Waals surface area contributed by atoms with Crippen molar-refractivity contribution < 1.29 is 8.42 Å². The standard InChI is InChI=1S/C13H23N3O2S2/c1-10-9-19-12(7-14-3)13(10)20(17,18)16-6-5-15(4)8-11(16)2/h9,11,14H,5-8H2,1-4H3. The smallest absolute Gasteiger partial charge is 0.244 e. The van der Waals surface area contributed by atoms with Gasteiger partial charge in [0.25, 0.3) is 0 Å². The average molecular weight is 317 g/mol. The Kier molecular flexibility index (Phi) is 4.86. The Balaban J connectivity index is 2.37. The number of thiophene rings is 1. The fourth-order valence-electron chi connectivity index (χ4n) is 2.71. The van der Waals surface area contributed by atoms with E-state index >= 15 is 0 Å². The minimum atomic E-state index is -3.40. The molecule has 20 heavy (non-hydrogen) atoms. The summed E-state index contributed by atoms with van der Waals surface area (Å²) in [4.78, 5) is 3.58. The third-order valence-corrected chi connectivity index (χ3v) is 7.14. The van der Waals surface area contributed by atoms with Crippen LogP contribution >= 0.6 is 11.3 Å². The van der Waals surface area contributed by atoms with E-state index in [0.29, 0.717) is 18.0 Å². The van der Waals surface area contributed by atoms with Crippen LogP contribution < -0.4 is 5.32 Å². The second-order valence-corrected chi connectivity index (χ2v) is 8.22. The fraction of sp³-hybridized carbons (Fsp3) is 0.692. The predicted octanol–water partition coefficient (Wildman–Crippen LogP) is 1.10. The number of hydrogen-bond acceptors (Lipinski definition) is 5. The molecule has 0 aromatic carbocycles. The van der Waals surface area contributed by atoms with Gasteiger partial charge in [0.2, 0.25) is 10.0 Å². The van der Waals surface area contributed by atoms with Gasteiger partial charge in [0.05, 0.1) is 0 Å². The summed E-state index contributed by atoms with van der Waals surface area (Å²) in [6.07, 6.45) is 0. The maximum atomic E-state index is 13.0. The zero-order valence-corrected chi connectivity index (χ0v) is 14.1. The van der Waals surface area contributed by atoms with Crippen LogP contribution in [0.25, 0.3) is 0 Å². The monoisotopic (exact) mass is 317 g/mol. The normalized spacial score (nSPS) is 22.3. The molecule has 1 unspecified atom stereocenters. The minimum absolute atomic E-state index is 0.0143. The molecule has 0 radical (unpaired) electrons. The number of likely N-dealkylation sites (N-methyl/N-ethyl adjacent to an activating group) is 1. The van der Waals surface area contributed by atoms with Gasteiger partial charge >= 0.3 is 0 Å². The molecule has 1 aliphatic heterocycles. The molecule has 1 aromatic rings. The van der Waals surface area contributed by atoms with E-state index in [1.807, 2.05) is 33.3 Å². The third-order valence-electron chi connectivity index (χ3n) is 3.66. The summed E-state index contributed by atoms with van der Waals surface area (Å²) in [6.45, 7) is 6.58. The Morgan fingerprint density at radius 3 is 2.75 bits per heavy atom. The first kappa shape index (κ1) is 15.9. The lowest BCUT2D eigenvalue weighted by Gasteiger charge is -2.37. The van der Waals surface area contributed by atoms with Crippen LogP contribution in [0, 0.1) is 6.92 Å². The molecule has 1 aromatic heterocycles. The molecule has 0 saturated carbocycles. The summed E-state index contributed by atoms with van der Waals surface area (Å²) < 4.78 is 27.6. The predicted molar refractivity (Wildman–Crippen MR) is 82.7 cm³/mol. The van der Waals surface area contributed by atoms with Crippen molar-refractivity contribution in [2.24, 2.45) is 0 Å². The molecule has 5 nitrogen and oxygen atoms in total. The summed E-state index contributed by atoms with van der Waals surface area (Å²) in [5, 5.41) is 4.98. The summed E-state index contributed by atoms with van der Waals surface area (Å²) >= 11 is 1.51. The largest absolute Gasteiger partial charge is 0.315 e. The van der Waals surface area contributed by atoms with Gasteiger partial charge in [0.1, 0.15) is 4.90 Å². The topological polar surface area (TPSA) is 52.7 Å². The van der Waals surface area contributed by atoms with Gasteiger partial charge in [-0.25, -0.2) is 8.42 Å². The van der Waals surface area contributed by atoms with Crippen LogP contribution in [-0.2, 0) is 16.6 Å². The van der Waals surface area contributed by atoms with Crippen LogP contribution in [0.5, 0.6) is 0 Å². The Bertz CT molecular complexity index is 568. The van der Waals surface area contributed by atoms with Gasteiger partial charge in [-0.3, -0.25) is 0 Å². The Morgan fingerprint density at radius 2 is 2.15 bits per heavy atom. The first-order valence-corrected chi connectivity index (χ1v) is 9.12. The second-order valence-electron chi connectivity index (χ2n) is 5.43. The van der Waals surface area contributed by atoms with Crippen molar-refractivity contribution in [2.75, 3.05) is 33.7 Å². The maximum Gasteiger partial charge on any atom is 0.244 e. The van der Waals surface area contributed by atoms with Crippen LogP contribution in [0.4, 0.5) is 0 Å². The van der Waals surface area contributed by atoms with Crippen LogP contribution in [-0.4, -0.2) is 57.4 Å². The number of sulfonamides is 1. The molecule has 0 bridgehead atoms. The number of hydrogen-bond donors (Lipinski definition) is 1. The Hall–Kier alpha value is -0.470. The zero-order valence-electron chi connectivity index (χ0n) is 12.5. The highest BCUT2D eigenvalue weighted by Gasteiger charge is 2.35. The summed E-state index contributed by atoms with van der Waals surface area (Å²) in [5.74, 6) is 0. The van der Waals surface area contributed by atoms with Crippen molar-refractivity contribution in [1.82, 2.24) is 14.5 Å². The van der Waals surface area contributed by atoms with E-state index in [1.54, 1.807) is 4.31 Å². The van der Waals surface area contributed by atoms with Crippen LogP contribution in [0.2, 0.25) is 0 Å². The van der Waals surface area contributed by atoms with Crippen molar-refractivity contribution in [3.8, 4) is 0 Å². The fourth-order valence-corrected chi connectivity index (χ4v) is 6.10. The molecule has 0 aliphatic carbocycles. The van der Waals surface area contributed by atoms with Crippen molar-refractivity contribution in [2.45, 2.75) is 31.3 Å². The van der Waals surface area contributed by atoms with E-state index in [-0.39, 0.29) is 6.04 Å². The minimum Gasteiger partial charge on any atom is -0.315 e. The van der Waals surface area contributed by atoms with Crippen molar-refractivity contribution in [3.63, 3.8) is 0 Å². The molecule has 2 heterocycles. The summed E-state index contributed by atoms with van der Waals surface area (Å²) in [7, 11) is 0.470. The Labute approximate surface area is 125 Å². The summed E-state index contributed by atoms with van der Waals surface area (Å²) in [6, 6.07) is 0.0143. The first-order valence-electron chi connectivity index (χ1n) is 6.80. The lowest BCUT2D eigenvalue weighted by atomic mass is 10.2. The SMILES string of the molecule is CNCc1scc(C)c1S(=O)(=O)N1CCN(C)CC1C. The molecule has 1 atom stereocenters. The molecule has 0 amide bonds. The van der Waals surface area contributed by atoms with Crippen LogP contribution in [0.15, 0.2) is 10.3 Å². The van der Waals surface area contributed by atoms with E-state index in [9.17, 15) is 8.42 Å². The average Bonchev–Trinajstić information content (AvgIpc) is 2.71. The van der Waals surface area contributed by atoms with E-state index in [2.05, 4.69) is 10.2 Å². The van der Waals surface area contributed by atoms with Crippen LogP contribution in [0.1, 0.15) is 17.4 Å². The molecule has 1 fully saturated rings. The highest BCUT2D eigenvalue weighted by molar-refractivity contribution is 7.89. The van der Waals surface area contributed by atoms with E-state index in [4.69, 9.17) is 0 Å². The molecule has 1 aliphatic rings. The quantitative estimate of drug-likeness (QED) is 0.903. The first-order chi connectivity index (χ1) is 9.37. The van der Waals surface area contributed by atoms with Crippen molar-refractivity contribution in [3.05, 3.63) is 15.8 Å². The molecular weight excluding hydrogens is 294 g/mol. The summed E-state index contributed by atoms with van der Waals surface area (Å²) in [5.41, 5.74) is 0.853. The molecular formula is C13H23N3O2S2. The molecule has 0 spiro atoms. The van der Waals surface area contributed by atoms with Gasteiger partial charge in [-0.15, -0.1) is 11.3 Å². The molecule has 1 saturated heterocycles. The highest BCUT2D eigenvalue weighted by Crippen LogP contribution is 2.31.